The molecule has 21 heavy (non-hydrogen) atoms. The summed E-state index contributed by atoms with van der Waals surface area (Å²) in [6.45, 7) is 0. The first-order valence-electron chi connectivity index (χ1n) is 6.10. The summed E-state index contributed by atoms with van der Waals surface area (Å²) in [6.07, 6.45) is -4.36. The molecule has 0 radical (unpaired) electrons. The van der Waals surface area contributed by atoms with E-state index in [0.717, 1.165) is 17.7 Å². The lowest BCUT2D eigenvalue weighted by Crippen LogP contribution is -2.03. The second kappa shape index (κ2) is 5.05. The molecule has 0 amide bonds. The van der Waals surface area contributed by atoms with Gasteiger partial charge in [-0.1, -0.05) is 18.2 Å². The first kappa shape index (κ1) is 13.4. The van der Waals surface area contributed by atoms with Crippen molar-refractivity contribution < 1.29 is 17.6 Å². The first-order valence-corrected chi connectivity index (χ1v) is 6.10. The van der Waals surface area contributed by atoms with Crippen molar-refractivity contribution in [2.45, 2.75) is 6.18 Å². The Kier molecular flexibility index (Phi) is 3.21. The highest BCUT2D eigenvalue weighted by molar-refractivity contribution is 5.58. The number of alkyl halides is 3. The van der Waals surface area contributed by atoms with E-state index in [4.69, 9.17) is 4.42 Å². The van der Waals surface area contributed by atoms with Gasteiger partial charge in [-0.2, -0.15) is 13.2 Å². The number of hydrogen-bond donors (Lipinski definition) is 0. The van der Waals surface area contributed by atoms with Gasteiger partial charge < -0.3 is 4.42 Å². The lowest BCUT2D eigenvalue weighted by Gasteiger charge is -2.05. The Balaban J connectivity index is 1.90. The maximum Gasteiger partial charge on any atom is 0.416 e. The highest BCUT2D eigenvalue weighted by atomic mass is 19.4. The summed E-state index contributed by atoms with van der Waals surface area (Å²) in [5.74, 6) is 0.507. The monoisotopic (exact) mass is 290 g/mol. The van der Waals surface area contributed by atoms with Gasteiger partial charge in [0, 0.05) is 11.1 Å². The van der Waals surface area contributed by atoms with Crippen molar-refractivity contribution >= 4 is 0 Å². The van der Waals surface area contributed by atoms with E-state index < -0.39 is 11.7 Å². The molecule has 0 N–H and O–H groups in total. The van der Waals surface area contributed by atoms with Crippen molar-refractivity contribution in [2.75, 3.05) is 0 Å². The molecule has 2 aromatic carbocycles. The average Bonchev–Trinajstić information content (AvgIpc) is 2.97. The minimum absolute atomic E-state index is 0.183. The molecule has 0 saturated carbocycles. The van der Waals surface area contributed by atoms with Gasteiger partial charge in [0.2, 0.25) is 11.8 Å². The molecule has 0 saturated heterocycles. The average molecular weight is 290 g/mol. The quantitative estimate of drug-likeness (QED) is 0.701. The summed E-state index contributed by atoms with van der Waals surface area (Å²) in [4.78, 5) is 0. The molecule has 0 aliphatic rings. The van der Waals surface area contributed by atoms with Crippen molar-refractivity contribution in [3.05, 3.63) is 60.2 Å². The van der Waals surface area contributed by atoms with Gasteiger partial charge in [-0.05, 0) is 36.4 Å². The number of halogens is 3. The fourth-order valence-corrected chi connectivity index (χ4v) is 1.84. The van der Waals surface area contributed by atoms with E-state index >= 15 is 0 Å². The van der Waals surface area contributed by atoms with Crippen molar-refractivity contribution in [3.63, 3.8) is 0 Å². The Morgan fingerprint density at radius 3 is 1.76 bits per heavy atom. The molecule has 0 aliphatic carbocycles. The van der Waals surface area contributed by atoms with Crippen molar-refractivity contribution in [2.24, 2.45) is 0 Å². The van der Waals surface area contributed by atoms with Gasteiger partial charge in [-0.25, -0.2) is 0 Å². The smallest absolute Gasteiger partial charge is 0.416 e. The van der Waals surface area contributed by atoms with Gasteiger partial charge in [0.05, 0.1) is 5.56 Å². The molecule has 0 unspecified atom stereocenters. The normalized spacial score (nSPS) is 11.6. The van der Waals surface area contributed by atoms with E-state index in [0.29, 0.717) is 11.5 Å². The first-order chi connectivity index (χ1) is 10.0. The lowest BCUT2D eigenvalue weighted by atomic mass is 10.1. The fourth-order valence-electron chi connectivity index (χ4n) is 1.84. The van der Waals surface area contributed by atoms with Gasteiger partial charge in [0.1, 0.15) is 0 Å². The molecule has 1 aromatic heterocycles. The predicted octanol–water partition coefficient (Wildman–Crippen LogP) is 4.42. The fraction of sp³-hybridized carbons (Fsp3) is 0.0667. The maximum atomic E-state index is 12.5. The minimum atomic E-state index is -4.36. The Morgan fingerprint density at radius 2 is 1.24 bits per heavy atom. The van der Waals surface area contributed by atoms with E-state index in [1.807, 2.05) is 30.3 Å². The second-order valence-corrected chi connectivity index (χ2v) is 4.35. The molecular weight excluding hydrogens is 281 g/mol. The number of hydrogen-bond acceptors (Lipinski definition) is 3. The third-order valence-corrected chi connectivity index (χ3v) is 2.90. The third kappa shape index (κ3) is 2.79. The van der Waals surface area contributed by atoms with Crippen molar-refractivity contribution in [1.29, 1.82) is 0 Å². The Hall–Kier alpha value is -2.63. The highest BCUT2D eigenvalue weighted by Gasteiger charge is 2.30. The Bertz CT molecular complexity index is 734. The SMILES string of the molecule is FC(F)(F)c1ccc(-c2nnc(-c3ccccc3)o2)cc1. The van der Waals surface area contributed by atoms with E-state index in [9.17, 15) is 13.2 Å². The van der Waals surface area contributed by atoms with Crippen LogP contribution >= 0.6 is 0 Å². The second-order valence-electron chi connectivity index (χ2n) is 4.35. The Morgan fingerprint density at radius 1 is 0.714 bits per heavy atom. The van der Waals surface area contributed by atoms with Gasteiger partial charge in [0.15, 0.2) is 0 Å². The Labute approximate surface area is 118 Å². The number of benzene rings is 2. The largest absolute Gasteiger partial charge is 0.416 e. The van der Waals surface area contributed by atoms with Crippen LogP contribution in [0.4, 0.5) is 13.2 Å². The van der Waals surface area contributed by atoms with Crippen LogP contribution in [0.1, 0.15) is 5.56 Å². The van der Waals surface area contributed by atoms with Crippen LogP contribution in [0.25, 0.3) is 22.9 Å². The van der Waals surface area contributed by atoms with E-state index in [2.05, 4.69) is 10.2 Å². The van der Waals surface area contributed by atoms with Crippen LogP contribution in [0, 0.1) is 0 Å². The molecule has 0 aliphatic heterocycles. The van der Waals surface area contributed by atoms with Gasteiger partial charge in [-0.15, -0.1) is 10.2 Å². The third-order valence-electron chi connectivity index (χ3n) is 2.90. The number of nitrogens with zero attached hydrogens (tertiary/aromatic N) is 2. The summed E-state index contributed by atoms with van der Waals surface area (Å²) < 4.78 is 43.0. The van der Waals surface area contributed by atoms with Crippen LogP contribution in [0.15, 0.2) is 59.0 Å². The van der Waals surface area contributed by atoms with Gasteiger partial charge in [0.25, 0.3) is 0 Å². The molecule has 1 heterocycles. The lowest BCUT2D eigenvalue weighted by molar-refractivity contribution is -0.137. The topological polar surface area (TPSA) is 38.9 Å². The van der Waals surface area contributed by atoms with Gasteiger partial charge >= 0.3 is 6.18 Å². The van der Waals surface area contributed by atoms with Crippen LogP contribution in [0.5, 0.6) is 0 Å². The summed E-state index contributed by atoms with van der Waals surface area (Å²) in [5.41, 5.74) is 0.481. The van der Waals surface area contributed by atoms with Crippen LogP contribution < -0.4 is 0 Å². The zero-order valence-corrected chi connectivity index (χ0v) is 10.6. The summed E-state index contributed by atoms with van der Waals surface area (Å²) in [6, 6.07) is 13.7. The zero-order chi connectivity index (χ0) is 14.9. The molecule has 0 fully saturated rings. The molecule has 6 heteroatoms. The van der Waals surface area contributed by atoms with Crippen LogP contribution in [0.3, 0.4) is 0 Å². The van der Waals surface area contributed by atoms with E-state index in [1.54, 1.807) is 0 Å². The van der Waals surface area contributed by atoms with Crippen LogP contribution in [0.2, 0.25) is 0 Å². The molecular formula is C15H9F3N2O. The summed E-state index contributed by atoms with van der Waals surface area (Å²) in [5, 5.41) is 7.75. The number of aromatic nitrogens is 2. The molecule has 106 valence electrons. The predicted molar refractivity (Wildman–Crippen MR) is 70.2 cm³/mol. The standard InChI is InChI=1S/C15H9F3N2O/c16-15(17,18)12-8-6-11(7-9-12)14-20-19-13(21-14)10-4-2-1-3-5-10/h1-9H. The minimum Gasteiger partial charge on any atom is -0.416 e. The molecule has 0 atom stereocenters. The van der Waals surface area contributed by atoms with Crippen LogP contribution in [-0.4, -0.2) is 10.2 Å². The molecule has 0 bridgehead atoms. The summed E-state index contributed by atoms with van der Waals surface area (Å²) in [7, 11) is 0. The van der Waals surface area contributed by atoms with Gasteiger partial charge in [-0.3, -0.25) is 0 Å². The summed E-state index contributed by atoms with van der Waals surface area (Å²) >= 11 is 0. The molecule has 3 rings (SSSR count). The zero-order valence-electron chi connectivity index (χ0n) is 10.6. The maximum absolute atomic E-state index is 12.5. The number of rotatable bonds is 2. The molecule has 3 aromatic rings. The van der Waals surface area contributed by atoms with Crippen molar-refractivity contribution in [1.82, 2.24) is 10.2 Å². The van der Waals surface area contributed by atoms with E-state index in [1.165, 1.54) is 12.1 Å². The highest BCUT2D eigenvalue weighted by Crippen LogP contribution is 2.31. The van der Waals surface area contributed by atoms with Crippen LogP contribution in [-0.2, 0) is 6.18 Å². The van der Waals surface area contributed by atoms with E-state index in [-0.39, 0.29) is 5.89 Å². The molecule has 3 nitrogen and oxygen atoms in total. The molecule has 0 spiro atoms. The van der Waals surface area contributed by atoms with Crippen molar-refractivity contribution in [3.8, 4) is 22.9 Å².